The Hall–Kier alpha value is -3.38. The van der Waals surface area contributed by atoms with E-state index in [1.807, 2.05) is 57.8 Å². The number of pyridine rings is 2. The number of rotatable bonds is 9. The first-order chi connectivity index (χ1) is 19.0. The fraction of sp³-hybridized carbons (Fsp3) is 0.379. The van der Waals surface area contributed by atoms with Gasteiger partial charge in [0.05, 0.1) is 24.4 Å². The molecular weight excluding hydrogens is 531 g/mol. The number of aromatic nitrogens is 2. The van der Waals surface area contributed by atoms with Gasteiger partial charge in [-0.2, -0.15) is 4.99 Å². The van der Waals surface area contributed by atoms with Gasteiger partial charge in [0.1, 0.15) is 5.82 Å². The fourth-order valence-electron chi connectivity index (χ4n) is 4.52. The lowest BCUT2D eigenvalue weighted by molar-refractivity contribution is -0.126. The van der Waals surface area contributed by atoms with E-state index in [9.17, 15) is 9.18 Å². The highest BCUT2D eigenvalue weighted by molar-refractivity contribution is 8.12. The van der Waals surface area contributed by atoms with Gasteiger partial charge in [-0.05, 0) is 57.7 Å². The van der Waals surface area contributed by atoms with Crippen LogP contribution in [0.25, 0.3) is 11.3 Å². The smallest absolute Gasteiger partial charge is 0.254 e. The summed E-state index contributed by atoms with van der Waals surface area (Å²) in [7, 11) is 3.64. The van der Waals surface area contributed by atoms with Crippen molar-refractivity contribution in [2.75, 3.05) is 27.4 Å². The number of nitrogens with two attached hydrogens (primary N) is 1. The molecule has 2 aromatic heterocycles. The summed E-state index contributed by atoms with van der Waals surface area (Å²) in [5, 5.41) is 0.122. The van der Waals surface area contributed by atoms with Gasteiger partial charge in [-0.25, -0.2) is 14.4 Å². The molecule has 1 unspecified atom stereocenters. The highest BCUT2D eigenvalue weighted by atomic mass is 32.2. The Balaban J connectivity index is 0.00000462. The van der Waals surface area contributed by atoms with Crippen LogP contribution in [0.1, 0.15) is 50.5 Å². The molecule has 0 saturated carbocycles. The molecule has 3 heterocycles. The Kier molecular flexibility index (Phi) is 9.19. The van der Waals surface area contributed by atoms with Crippen LogP contribution in [-0.2, 0) is 16.1 Å². The molecule has 3 N–H and O–H groups in total. The molecule has 0 aliphatic carbocycles. The normalized spacial score (nSPS) is 15.0. The number of aliphatic imine (C=N–C) groups is 1. The SMILES string of the molecule is CCN(C)COCc1ccc(-c2ccc3c(n2)Oc2nc(C)ccc2C3C(C)(C)C(=O)N=C(N)SNC)cc1F.[HH]. The summed E-state index contributed by atoms with van der Waals surface area (Å²) in [6.45, 7) is 8.97. The van der Waals surface area contributed by atoms with E-state index in [1.54, 1.807) is 25.2 Å². The van der Waals surface area contributed by atoms with Crippen molar-refractivity contribution in [1.82, 2.24) is 19.6 Å². The second kappa shape index (κ2) is 12.4. The molecule has 4 rings (SSSR count). The number of fused-ring (bicyclic) bond motifs is 2. The van der Waals surface area contributed by atoms with Crippen LogP contribution in [0.15, 0.2) is 47.5 Å². The van der Waals surface area contributed by atoms with Crippen molar-refractivity contribution in [1.29, 1.82) is 0 Å². The number of amides is 1. The third kappa shape index (κ3) is 6.33. The minimum absolute atomic E-state index is 0. The summed E-state index contributed by atoms with van der Waals surface area (Å²) in [6, 6.07) is 12.4. The van der Waals surface area contributed by atoms with E-state index in [2.05, 4.69) is 14.7 Å². The zero-order valence-corrected chi connectivity index (χ0v) is 24.4. The average molecular weight is 569 g/mol. The number of aryl methyl sites for hydroxylation is 1. The standard InChI is InChI=1S/C29H35FN6O3S.H2/c1-7-36(6)16-38-15-19-10-9-18(14-22(19)30)23-13-12-21-24(29(3,4)27(37)35-28(31)40-32-5)20-11-8-17(2)33-25(20)39-26(21)34-23;/h8-14,24,32H,7,15-16H2,1-6H3,(H2,31,35,37);1H. The Bertz CT molecular complexity index is 1440. The molecule has 11 heteroatoms. The molecule has 0 bridgehead atoms. The molecule has 1 aromatic carbocycles. The first-order valence-electron chi connectivity index (χ1n) is 13.0. The summed E-state index contributed by atoms with van der Waals surface area (Å²) in [4.78, 5) is 28.8. The third-order valence-electron chi connectivity index (χ3n) is 6.88. The maximum Gasteiger partial charge on any atom is 0.254 e. The zero-order chi connectivity index (χ0) is 29.0. The van der Waals surface area contributed by atoms with Crippen LogP contribution in [0.2, 0.25) is 0 Å². The number of carbonyl (C=O) groups excluding carboxylic acids is 1. The number of amidine groups is 1. The highest BCUT2D eigenvalue weighted by Crippen LogP contribution is 2.51. The van der Waals surface area contributed by atoms with Crippen LogP contribution < -0.4 is 15.2 Å². The number of nitrogens with one attached hydrogen (secondary N) is 1. The number of ether oxygens (including phenoxy) is 2. The summed E-state index contributed by atoms with van der Waals surface area (Å²) in [5.74, 6) is -0.529. The summed E-state index contributed by atoms with van der Waals surface area (Å²) >= 11 is 1.07. The lowest BCUT2D eigenvalue weighted by Crippen LogP contribution is -2.34. The quantitative estimate of drug-likeness (QED) is 0.155. The van der Waals surface area contributed by atoms with Gasteiger partial charge in [0.2, 0.25) is 11.8 Å². The number of nitrogens with zero attached hydrogens (tertiary/aromatic N) is 4. The number of carbonyl (C=O) groups is 1. The van der Waals surface area contributed by atoms with Gasteiger partial charge in [0, 0.05) is 35.3 Å². The van der Waals surface area contributed by atoms with Gasteiger partial charge in [0.25, 0.3) is 5.91 Å². The Morgan fingerprint density at radius 1 is 1.23 bits per heavy atom. The van der Waals surface area contributed by atoms with Gasteiger partial charge in [0.15, 0.2) is 5.17 Å². The highest BCUT2D eigenvalue weighted by Gasteiger charge is 2.44. The molecule has 1 aliphatic rings. The second-order valence-corrected chi connectivity index (χ2v) is 11.2. The average Bonchev–Trinajstić information content (AvgIpc) is 2.91. The van der Waals surface area contributed by atoms with Gasteiger partial charge in [-0.1, -0.05) is 45.0 Å². The molecule has 1 amide bonds. The van der Waals surface area contributed by atoms with E-state index < -0.39 is 11.3 Å². The maximum atomic E-state index is 15.0. The van der Waals surface area contributed by atoms with Crippen LogP contribution in [-0.4, -0.2) is 53.3 Å². The maximum absolute atomic E-state index is 15.0. The molecule has 40 heavy (non-hydrogen) atoms. The monoisotopic (exact) mass is 568 g/mol. The first kappa shape index (κ1) is 29.6. The van der Waals surface area contributed by atoms with Crippen LogP contribution in [0, 0.1) is 18.2 Å². The minimum Gasteiger partial charge on any atom is -0.420 e. The Labute approximate surface area is 240 Å². The van der Waals surface area contributed by atoms with Crippen LogP contribution in [0.5, 0.6) is 11.8 Å². The van der Waals surface area contributed by atoms with Crippen molar-refractivity contribution in [2.24, 2.45) is 16.1 Å². The molecule has 214 valence electrons. The van der Waals surface area contributed by atoms with E-state index in [1.165, 1.54) is 6.07 Å². The molecule has 1 atom stereocenters. The van der Waals surface area contributed by atoms with E-state index in [4.69, 9.17) is 20.2 Å². The Morgan fingerprint density at radius 2 is 1.93 bits per heavy atom. The lowest BCUT2D eigenvalue weighted by atomic mass is 9.70. The fourth-order valence-corrected chi connectivity index (χ4v) is 4.85. The number of hydrogen-bond donors (Lipinski definition) is 2. The molecule has 0 radical (unpaired) electrons. The van der Waals surface area contributed by atoms with E-state index in [-0.39, 0.29) is 24.9 Å². The van der Waals surface area contributed by atoms with Gasteiger partial charge >= 0.3 is 0 Å². The van der Waals surface area contributed by atoms with Crippen molar-refractivity contribution in [2.45, 2.75) is 40.2 Å². The molecule has 3 aromatic rings. The number of benzene rings is 1. The first-order valence-corrected chi connectivity index (χ1v) is 13.8. The van der Waals surface area contributed by atoms with Gasteiger partial charge < -0.3 is 15.2 Å². The summed E-state index contributed by atoms with van der Waals surface area (Å²) in [6.07, 6.45) is 0. The molecule has 0 spiro atoms. The second-order valence-electron chi connectivity index (χ2n) is 10.2. The molecule has 9 nitrogen and oxygen atoms in total. The van der Waals surface area contributed by atoms with E-state index in [0.29, 0.717) is 40.9 Å². The van der Waals surface area contributed by atoms with Crippen molar-refractivity contribution in [3.8, 4) is 23.0 Å². The molecule has 1 aliphatic heterocycles. The van der Waals surface area contributed by atoms with Gasteiger partial charge in [-0.15, -0.1) is 0 Å². The zero-order valence-electron chi connectivity index (χ0n) is 23.6. The number of halogens is 1. The van der Waals surface area contributed by atoms with Crippen molar-refractivity contribution in [3.63, 3.8) is 0 Å². The van der Waals surface area contributed by atoms with Crippen LogP contribution in [0.3, 0.4) is 0 Å². The van der Waals surface area contributed by atoms with E-state index >= 15 is 0 Å². The minimum atomic E-state index is -1.01. The Morgan fingerprint density at radius 3 is 2.60 bits per heavy atom. The van der Waals surface area contributed by atoms with Crippen molar-refractivity contribution in [3.05, 3.63) is 70.7 Å². The van der Waals surface area contributed by atoms with Crippen LogP contribution >= 0.6 is 11.9 Å². The van der Waals surface area contributed by atoms with E-state index in [0.717, 1.165) is 29.8 Å². The van der Waals surface area contributed by atoms with Crippen molar-refractivity contribution >= 4 is 23.0 Å². The number of hydrogen-bond acceptors (Lipinski definition) is 8. The lowest BCUT2D eigenvalue weighted by Gasteiger charge is -2.36. The van der Waals surface area contributed by atoms with Gasteiger partial charge in [-0.3, -0.25) is 14.4 Å². The molecular formula is C29H37FN6O3S. The summed E-state index contributed by atoms with van der Waals surface area (Å²) in [5.41, 5.74) is 8.72. The molecule has 0 fully saturated rings. The topological polar surface area (TPSA) is 115 Å². The molecule has 0 saturated heterocycles. The predicted molar refractivity (Wildman–Crippen MR) is 158 cm³/mol. The third-order valence-corrected chi connectivity index (χ3v) is 7.39. The largest absolute Gasteiger partial charge is 0.420 e. The summed E-state index contributed by atoms with van der Waals surface area (Å²) < 4.78 is 29.5. The predicted octanol–water partition coefficient (Wildman–Crippen LogP) is 5.24. The van der Waals surface area contributed by atoms with Crippen LogP contribution in [0.4, 0.5) is 4.39 Å². The van der Waals surface area contributed by atoms with Crippen molar-refractivity contribution < 1.29 is 20.1 Å².